The highest BCUT2D eigenvalue weighted by molar-refractivity contribution is 8.02. The predicted molar refractivity (Wildman–Crippen MR) is 63.4 cm³/mol. The number of ether oxygens (including phenoxy) is 3. The second-order valence-electron chi connectivity index (χ2n) is 2.92. The fraction of sp³-hybridized carbons (Fsp3) is 0.600. The Kier molecular flexibility index (Phi) is 5.08. The first kappa shape index (κ1) is 13.0. The molecule has 86 valence electrons. The molecule has 0 saturated carbocycles. The van der Waals surface area contributed by atoms with Crippen LogP contribution in [0.1, 0.15) is 6.92 Å². The van der Waals surface area contributed by atoms with Crippen LogP contribution in [0.25, 0.3) is 0 Å². The Morgan fingerprint density at radius 2 is 2.00 bits per heavy atom. The van der Waals surface area contributed by atoms with E-state index >= 15 is 0 Å². The summed E-state index contributed by atoms with van der Waals surface area (Å²) in [5.74, 6) is 0. The van der Waals surface area contributed by atoms with Gasteiger partial charge in [-0.15, -0.1) is 11.3 Å². The van der Waals surface area contributed by atoms with E-state index in [-0.39, 0.29) is 6.10 Å². The lowest BCUT2D eigenvalue weighted by molar-refractivity contribution is -0.195. The molecule has 1 atom stereocenters. The fourth-order valence-corrected chi connectivity index (χ4v) is 3.20. The van der Waals surface area contributed by atoms with Crippen LogP contribution in [0.15, 0.2) is 21.7 Å². The van der Waals surface area contributed by atoms with Crippen LogP contribution in [0.4, 0.5) is 0 Å². The van der Waals surface area contributed by atoms with Gasteiger partial charge in [0.05, 0.1) is 4.21 Å². The standard InChI is InChI=1S/C10H16O3S2/c1-8(11-2)10(12-3,13-4)15-9-6-5-7-14-9/h5-8H,1-4H3. The molecule has 0 radical (unpaired) electrons. The van der Waals surface area contributed by atoms with Gasteiger partial charge in [-0.2, -0.15) is 0 Å². The molecule has 0 aliphatic heterocycles. The summed E-state index contributed by atoms with van der Waals surface area (Å²) < 4.78 is 17.3. The molecule has 1 aromatic rings. The van der Waals surface area contributed by atoms with Crippen molar-refractivity contribution in [3.05, 3.63) is 17.5 Å². The number of hydrogen-bond acceptors (Lipinski definition) is 5. The zero-order valence-electron chi connectivity index (χ0n) is 9.35. The summed E-state index contributed by atoms with van der Waals surface area (Å²) in [6.07, 6.45) is -0.153. The Morgan fingerprint density at radius 1 is 1.33 bits per heavy atom. The van der Waals surface area contributed by atoms with Gasteiger partial charge in [0.15, 0.2) is 0 Å². The summed E-state index contributed by atoms with van der Waals surface area (Å²) in [7, 11) is 4.89. The summed E-state index contributed by atoms with van der Waals surface area (Å²) in [4.78, 5) is 0. The summed E-state index contributed by atoms with van der Waals surface area (Å²) in [6.45, 7) is 1.92. The molecule has 15 heavy (non-hydrogen) atoms. The van der Waals surface area contributed by atoms with Crippen LogP contribution in [0.3, 0.4) is 0 Å². The van der Waals surface area contributed by atoms with Crippen LogP contribution in [0.2, 0.25) is 0 Å². The van der Waals surface area contributed by atoms with Crippen LogP contribution >= 0.6 is 23.1 Å². The molecule has 1 rings (SSSR count). The second-order valence-corrected chi connectivity index (χ2v) is 5.34. The van der Waals surface area contributed by atoms with Gasteiger partial charge in [0.25, 0.3) is 0 Å². The van der Waals surface area contributed by atoms with Crippen LogP contribution in [-0.4, -0.2) is 32.6 Å². The lowest BCUT2D eigenvalue weighted by atomic mass is 10.4. The molecule has 3 nitrogen and oxygen atoms in total. The third kappa shape index (κ3) is 2.95. The SMILES string of the molecule is COC(C)C(OC)(OC)Sc1cccs1. The number of hydrogen-bond donors (Lipinski definition) is 0. The van der Waals surface area contributed by atoms with Crippen molar-refractivity contribution in [2.45, 2.75) is 22.4 Å². The quantitative estimate of drug-likeness (QED) is 0.571. The van der Waals surface area contributed by atoms with E-state index in [1.165, 1.54) is 11.8 Å². The molecule has 0 bridgehead atoms. The minimum absolute atomic E-state index is 0.153. The first-order chi connectivity index (χ1) is 7.18. The van der Waals surface area contributed by atoms with E-state index in [0.29, 0.717) is 0 Å². The predicted octanol–water partition coefficient (Wildman–Crippen LogP) is 2.82. The Hall–Kier alpha value is -0.0700. The van der Waals surface area contributed by atoms with Gasteiger partial charge in [0.1, 0.15) is 6.10 Å². The van der Waals surface area contributed by atoms with Crippen molar-refractivity contribution >= 4 is 23.1 Å². The summed E-state index contributed by atoms with van der Waals surface area (Å²) >= 11 is 3.18. The van der Waals surface area contributed by atoms with E-state index in [4.69, 9.17) is 14.2 Å². The minimum Gasteiger partial charge on any atom is -0.375 e. The normalized spacial score (nSPS) is 14.1. The Labute approximate surface area is 98.7 Å². The Morgan fingerprint density at radius 3 is 2.40 bits per heavy atom. The molecule has 0 spiro atoms. The van der Waals surface area contributed by atoms with E-state index in [1.54, 1.807) is 32.7 Å². The van der Waals surface area contributed by atoms with E-state index in [2.05, 4.69) is 0 Å². The van der Waals surface area contributed by atoms with E-state index in [1.807, 2.05) is 24.4 Å². The number of rotatable bonds is 6. The minimum atomic E-state index is -0.778. The maximum Gasteiger partial charge on any atom is 0.250 e. The van der Waals surface area contributed by atoms with E-state index in [0.717, 1.165) is 4.21 Å². The average molecular weight is 248 g/mol. The second kappa shape index (κ2) is 5.86. The lowest BCUT2D eigenvalue weighted by Crippen LogP contribution is -2.42. The summed E-state index contributed by atoms with van der Waals surface area (Å²) in [5, 5.41) is 1.25. The van der Waals surface area contributed by atoms with Gasteiger partial charge in [-0.25, -0.2) is 0 Å². The van der Waals surface area contributed by atoms with E-state index < -0.39 is 5.12 Å². The van der Waals surface area contributed by atoms with Crippen molar-refractivity contribution in [1.29, 1.82) is 0 Å². The Bertz CT molecular complexity index is 270. The fourth-order valence-electron chi connectivity index (χ4n) is 1.19. The number of thiophene rings is 1. The van der Waals surface area contributed by atoms with Crippen molar-refractivity contribution in [2.75, 3.05) is 21.3 Å². The first-order valence-electron chi connectivity index (χ1n) is 4.54. The van der Waals surface area contributed by atoms with Gasteiger partial charge in [0, 0.05) is 21.3 Å². The molecule has 0 saturated heterocycles. The van der Waals surface area contributed by atoms with Crippen molar-refractivity contribution in [2.24, 2.45) is 0 Å². The Balaban J connectivity index is 2.81. The highest BCUT2D eigenvalue weighted by Crippen LogP contribution is 2.40. The number of methoxy groups -OCH3 is 3. The molecule has 0 aliphatic carbocycles. The van der Waals surface area contributed by atoms with Crippen LogP contribution < -0.4 is 0 Å². The highest BCUT2D eigenvalue weighted by Gasteiger charge is 2.38. The molecule has 5 heteroatoms. The van der Waals surface area contributed by atoms with E-state index in [9.17, 15) is 0 Å². The molecular formula is C10H16O3S2. The molecule has 0 aliphatic rings. The highest BCUT2D eigenvalue weighted by atomic mass is 32.2. The lowest BCUT2D eigenvalue weighted by Gasteiger charge is -2.33. The molecule has 0 aromatic carbocycles. The van der Waals surface area contributed by atoms with Crippen molar-refractivity contribution in [1.82, 2.24) is 0 Å². The van der Waals surface area contributed by atoms with Crippen LogP contribution in [0, 0.1) is 0 Å². The zero-order chi connectivity index (χ0) is 11.3. The molecule has 0 N–H and O–H groups in total. The van der Waals surface area contributed by atoms with Crippen molar-refractivity contribution < 1.29 is 14.2 Å². The van der Waals surface area contributed by atoms with Gasteiger partial charge >= 0.3 is 0 Å². The van der Waals surface area contributed by atoms with Gasteiger partial charge in [0.2, 0.25) is 5.12 Å². The van der Waals surface area contributed by atoms with Gasteiger partial charge in [-0.3, -0.25) is 0 Å². The molecule has 0 fully saturated rings. The summed E-state index contributed by atoms with van der Waals surface area (Å²) in [6, 6.07) is 4.03. The largest absolute Gasteiger partial charge is 0.375 e. The van der Waals surface area contributed by atoms with Crippen LogP contribution in [0.5, 0.6) is 0 Å². The molecule has 1 heterocycles. The van der Waals surface area contributed by atoms with Crippen molar-refractivity contribution in [3.63, 3.8) is 0 Å². The maximum absolute atomic E-state index is 5.44. The molecular weight excluding hydrogens is 232 g/mol. The first-order valence-corrected chi connectivity index (χ1v) is 6.23. The molecule has 0 amide bonds. The monoisotopic (exact) mass is 248 g/mol. The van der Waals surface area contributed by atoms with Crippen LogP contribution in [-0.2, 0) is 14.2 Å². The smallest absolute Gasteiger partial charge is 0.250 e. The van der Waals surface area contributed by atoms with Gasteiger partial charge < -0.3 is 14.2 Å². The zero-order valence-corrected chi connectivity index (χ0v) is 11.0. The van der Waals surface area contributed by atoms with Crippen molar-refractivity contribution in [3.8, 4) is 0 Å². The maximum atomic E-state index is 5.44. The molecule has 1 unspecified atom stereocenters. The third-order valence-electron chi connectivity index (χ3n) is 2.16. The average Bonchev–Trinajstić information content (AvgIpc) is 2.77. The van der Waals surface area contributed by atoms with Gasteiger partial charge in [-0.1, -0.05) is 6.07 Å². The molecule has 1 aromatic heterocycles. The third-order valence-corrected chi connectivity index (χ3v) is 4.65. The number of thioether (sulfide) groups is 1. The van der Waals surface area contributed by atoms with Gasteiger partial charge in [-0.05, 0) is 30.1 Å². The topological polar surface area (TPSA) is 27.7 Å². The summed E-state index contributed by atoms with van der Waals surface area (Å²) in [5.41, 5.74) is 0.